The van der Waals surface area contributed by atoms with Gasteiger partial charge in [-0.05, 0) is 116 Å². The monoisotopic (exact) mass is 808 g/mol. The average molecular weight is 809 g/mol. The zero-order valence-electron chi connectivity index (χ0n) is 30.4. The molecule has 0 atom stereocenters. The number of fused-ring (bicyclic) bond motifs is 4. The first-order valence-corrected chi connectivity index (χ1v) is 21.1. The molecule has 8 heteroatoms. The van der Waals surface area contributed by atoms with Crippen molar-refractivity contribution in [3.05, 3.63) is 240 Å². The molecular formula is C48H40O4S4. The lowest BCUT2D eigenvalue weighted by atomic mass is 10.3. The summed E-state index contributed by atoms with van der Waals surface area (Å²) in [4.78, 5) is 0. The lowest BCUT2D eigenvalue weighted by molar-refractivity contribution is 0.567. The predicted octanol–water partition coefficient (Wildman–Crippen LogP) is 16.7. The molecule has 0 radical (unpaired) electrons. The molecule has 12 aromatic rings. The summed E-state index contributed by atoms with van der Waals surface area (Å²) >= 11 is 7.00. The van der Waals surface area contributed by atoms with Crippen LogP contribution in [-0.2, 0) is 0 Å². The number of rotatable bonds is 0. The molecule has 4 aromatic carbocycles. The third-order valence-electron chi connectivity index (χ3n) is 7.15. The quantitative estimate of drug-likeness (QED) is 0.153. The van der Waals surface area contributed by atoms with Crippen molar-refractivity contribution in [1.82, 2.24) is 0 Å². The smallest absolute Gasteiger partial charge is 0.133 e. The van der Waals surface area contributed by atoms with E-state index in [4.69, 9.17) is 8.83 Å². The summed E-state index contributed by atoms with van der Waals surface area (Å²) in [6.45, 7) is 0. The Morgan fingerprint density at radius 3 is 0.929 bits per heavy atom. The van der Waals surface area contributed by atoms with Gasteiger partial charge < -0.3 is 17.7 Å². The van der Waals surface area contributed by atoms with Gasteiger partial charge in [-0.3, -0.25) is 0 Å². The number of benzene rings is 4. The lowest BCUT2D eigenvalue weighted by Gasteiger charge is -1.82. The van der Waals surface area contributed by atoms with E-state index in [-0.39, 0.29) is 0 Å². The van der Waals surface area contributed by atoms with E-state index in [0.29, 0.717) is 0 Å². The minimum atomic E-state index is 0.956. The molecule has 0 unspecified atom stereocenters. The van der Waals surface area contributed by atoms with E-state index in [0.717, 1.165) is 21.9 Å². The zero-order valence-corrected chi connectivity index (χ0v) is 33.6. The summed E-state index contributed by atoms with van der Waals surface area (Å²) in [6, 6.07) is 56.3. The number of thiophene rings is 4. The summed E-state index contributed by atoms with van der Waals surface area (Å²) in [5, 5.41) is 17.4. The first kappa shape index (κ1) is 41.0. The number of hydrogen-bond donors (Lipinski definition) is 0. The van der Waals surface area contributed by atoms with Crippen molar-refractivity contribution in [2.45, 2.75) is 0 Å². The zero-order chi connectivity index (χ0) is 38.6. The van der Waals surface area contributed by atoms with E-state index < -0.39 is 0 Å². The minimum Gasteiger partial charge on any atom is -0.473 e. The Morgan fingerprint density at radius 2 is 0.625 bits per heavy atom. The second kappa shape index (κ2) is 25.8. The van der Waals surface area contributed by atoms with Gasteiger partial charge in [0.05, 0.1) is 37.6 Å². The molecule has 0 saturated heterocycles. The average Bonchev–Trinajstić information content (AvgIpc) is 4.12. The third-order valence-corrected chi connectivity index (χ3v) is 10.2. The number of furan rings is 4. The first-order chi connectivity index (χ1) is 27.9. The van der Waals surface area contributed by atoms with Crippen molar-refractivity contribution in [3.8, 4) is 0 Å². The highest BCUT2D eigenvalue weighted by Crippen LogP contribution is 2.20. The highest BCUT2D eigenvalue weighted by molar-refractivity contribution is 7.17. The van der Waals surface area contributed by atoms with Gasteiger partial charge in [0, 0.05) is 20.2 Å². The highest BCUT2D eigenvalue weighted by Gasteiger charge is 1.91. The van der Waals surface area contributed by atoms with Crippen LogP contribution in [0.2, 0.25) is 0 Å². The fraction of sp³-hybridized carbons (Fsp3) is 0. The Balaban J connectivity index is 0.000000124. The third kappa shape index (κ3) is 15.7. The van der Waals surface area contributed by atoms with Crippen molar-refractivity contribution >= 4 is 87.5 Å². The Hall–Kier alpha value is -6.16. The molecule has 0 fully saturated rings. The molecule has 0 amide bonds. The lowest BCUT2D eigenvalue weighted by Crippen LogP contribution is -1.57. The van der Waals surface area contributed by atoms with Crippen LogP contribution in [0.25, 0.3) is 42.1 Å². The first-order valence-electron chi connectivity index (χ1n) is 17.4. The van der Waals surface area contributed by atoms with Gasteiger partial charge in [0.1, 0.15) is 11.2 Å². The fourth-order valence-corrected chi connectivity index (χ4v) is 7.02. The summed E-state index contributed by atoms with van der Waals surface area (Å²) in [6.07, 6.45) is 9.90. The van der Waals surface area contributed by atoms with Gasteiger partial charge in [0.15, 0.2) is 0 Å². The normalized spacial score (nSPS) is 9.43. The Bertz CT molecular complexity index is 2050. The van der Waals surface area contributed by atoms with Crippen molar-refractivity contribution in [2.24, 2.45) is 0 Å². The van der Waals surface area contributed by atoms with Gasteiger partial charge in [0.25, 0.3) is 0 Å². The van der Waals surface area contributed by atoms with E-state index >= 15 is 0 Å². The molecule has 56 heavy (non-hydrogen) atoms. The van der Waals surface area contributed by atoms with Crippen LogP contribution in [0.15, 0.2) is 257 Å². The molecule has 0 aliphatic carbocycles. The van der Waals surface area contributed by atoms with Crippen LogP contribution in [0.4, 0.5) is 0 Å². The van der Waals surface area contributed by atoms with Crippen LogP contribution >= 0.6 is 45.3 Å². The van der Waals surface area contributed by atoms with E-state index in [2.05, 4.69) is 80.3 Å². The summed E-state index contributed by atoms with van der Waals surface area (Å²) < 4.78 is 22.1. The molecule has 8 heterocycles. The Kier molecular flexibility index (Phi) is 18.9. The van der Waals surface area contributed by atoms with Crippen molar-refractivity contribution in [3.63, 3.8) is 0 Å². The molecule has 280 valence electrons. The predicted molar refractivity (Wildman–Crippen MR) is 242 cm³/mol. The van der Waals surface area contributed by atoms with E-state index in [1.807, 2.05) is 131 Å². The molecule has 12 rings (SSSR count). The van der Waals surface area contributed by atoms with Crippen LogP contribution in [0.1, 0.15) is 0 Å². The van der Waals surface area contributed by atoms with E-state index in [1.54, 1.807) is 82.9 Å². The van der Waals surface area contributed by atoms with Gasteiger partial charge in [-0.15, -0.1) is 22.7 Å². The van der Waals surface area contributed by atoms with Gasteiger partial charge in [-0.2, -0.15) is 22.7 Å². The molecule has 0 N–H and O–H groups in total. The molecule has 0 bridgehead atoms. The largest absolute Gasteiger partial charge is 0.473 e. The van der Waals surface area contributed by atoms with Gasteiger partial charge >= 0.3 is 0 Å². The van der Waals surface area contributed by atoms with Crippen LogP contribution in [0.3, 0.4) is 0 Å². The molecule has 0 aliphatic rings. The van der Waals surface area contributed by atoms with Gasteiger partial charge in [0.2, 0.25) is 0 Å². The Labute approximate surface area is 342 Å². The van der Waals surface area contributed by atoms with Crippen molar-refractivity contribution < 1.29 is 17.7 Å². The second-order valence-corrected chi connectivity index (χ2v) is 14.5. The number of para-hydroxylation sites is 2. The molecule has 0 aliphatic heterocycles. The molecular weight excluding hydrogens is 769 g/mol. The maximum Gasteiger partial charge on any atom is 0.133 e. The second-order valence-electron chi connectivity index (χ2n) is 11.0. The molecule has 0 spiro atoms. The van der Waals surface area contributed by atoms with Crippen LogP contribution in [-0.4, -0.2) is 0 Å². The standard InChI is InChI=1S/2C8H6O.2C8H6S.2C4H4O.2C4H4S/c4*1-2-4-8-7(3-1)5-6-9-8;4*1-2-4-5-3-1/h4*1-6H;4*1-4H. The molecule has 4 nitrogen and oxygen atoms in total. The minimum absolute atomic E-state index is 0.956. The van der Waals surface area contributed by atoms with Crippen molar-refractivity contribution in [2.75, 3.05) is 0 Å². The van der Waals surface area contributed by atoms with Gasteiger partial charge in [-0.1, -0.05) is 97.1 Å². The van der Waals surface area contributed by atoms with Crippen molar-refractivity contribution in [1.29, 1.82) is 0 Å². The fourth-order valence-electron chi connectivity index (χ4n) is 4.53. The summed E-state index contributed by atoms with van der Waals surface area (Å²) in [5.41, 5.74) is 1.91. The van der Waals surface area contributed by atoms with Crippen LogP contribution in [0.5, 0.6) is 0 Å². The molecule has 0 saturated carbocycles. The molecule has 8 aromatic heterocycles. The van der Waals surface area contributed by atoms with Crippen LogP contribution in [0, 0.1) is 0 Å². The maximum absolute atomic E-state index is 5.12. The topological polar surface area (TPSA) is 52.6 Å². The SMILES string of the molecule is c1ccc2occc2c1.c1ccc2occc2c1.c1ccc2sccc2c1.c1ccc2sccc2c1.c1ccoc1.c1ccoc1.c1ccsc1.c1ccsc1. The number of hydrogen-bond acceptors (Lipinski definition) is 8. The van der Waals surface area contributed by atoms with E-state index in [9.17, 15) is 0 Å². The summed E-state index contributed by atoms with van der Waals surface area (Å²) in [5.74, 6) is 0. The maximum atomic E-state index is 5.12. The highest BCUT2D eigenvalue weighted by atomic mass is 32.1. The van der Waals surface area contributed by atoms with Gasteiger partial charge in [-0.25, -0.2) is 0 Å². The Morgan fingerprint density at radius 1 is 0.268 bits per heavy atom. The van der Waals surface area contributed by atoms with Crippen LogP contribution < -0.4 is 0 Å². The van der Waals surface area contributed by atoms with E-state index in [1.165, 1.54) is 20.2 Å². The summed E-state index contributed by atoms with van der Waals surface area (Å²) in [7, 11) is 0.